The summed E-state index contributed by atoms with van der Waals surface area (Å²) < 4.78 is 3.28. The minimum Gasteiger partial charge on any atom is -0.370 e. The number of hydrogen-bond donors (Lipinski definition) is 3. The van der Waals surface area contributed by atoms with E-state index >= 15 is 0 Å². The maximum Gasteiger partial charge on any atom is 0.226 e. The Bertz CT molecular complexity index is 127. The smallest absolute Gasteiger partial charge is 0.226 e. The van der Waals surface area contributed by atoms with Crippen molar-refractivity contribution in [2.45, 2.75) is 0 Å². The largest absolute Gasteiger partial charge is 0.370 e. The van der Waals surface area contributed by atoms with Crippen LogP contribution < -0.4 is 17.2 Å². The van der Waals surface area contributed by atoms with E-state index in [9.17, 15) is 0 Å². The Morgan fingerprint density at radius 1 is 1.22 bits per heavy atom. The monoisotopic (exact) mass is 164 g/mol. The second-order valence-corrected chi connectivity index (χ2v) is 1.23. The molecule has 3 radical (unpaired) electrons. The highest BCUT2D eigenvalue weighted by Gasteiger charge is 1.81. The van der Waals surface area contributed by atoms with E-state index in [2.05, 4.69) is 20.1 Å². The number of guanidine groups is 2. The van der Waals surface area contributed by atoms with Crippen LogP contribution in [-0.2, 0) is 0 Å². The van der Waals surface area contributed by atoms with Crippen LogP contribution in [0.25, 0.3) is 0 Å². The van der Waals surface area contributed by atoms with Gasteiger partial charge < -0.3 is 17.2 Å². The van der Waals surface area contributed by atoms with Gasteiger partial charge >= 0.3 is 0 Å². The van der Waals surface area contributed by atoms with Crippen molar-refractivity contribution in [3.63, 3.8) is 0 Å². The zero-order valence-corrected chi connectivity index (χ0v) is 6.35. The molecule has 0 rings (SSSR count). The van der Waals surface area contributed by atoms with E-state index in [1.807, 2.05) is 0 Å². The van der Waals surface area contributed by atoms with Gasteiger partial charge in [-0.15, -0.1) is 12.4 Å². The van der Waals surface area contributed by atoms with Crippen LogP contribution in [0.15, 0.2) is 9.65 Å². The van der Waals surface area contributed by atoms with Crippen LogP contribution in [-0.4, -0.2) is 22.3 Å². The molecule has 0 aromatic carbocycles. The van der Waals surface area contributed by atoms with Gasteiger partial charge in [-0.25, -0.2) is 0 Å². The first-order valence-corrected chi connectivity index (χ1v) is 2.21. The summed E-state index contributed by atoms with van der Waals surface area (Å²) in [6, 6.07) is 0. The number of rotatable bonds is 0. The van der Waals surface area contributed by atoms with Crippen molar-refractivity contribution in [3.05, 3.63) is 0 Å². The summed E-state index contributed by atoms with van der Waals surface area (Å²) in [6.45, 7) is 0. The summed E-state index contributed by atoms with van der Waals surface area (Å²) >= 11 is 0. The minimum absolute atomic E-state index is 0. The highest BCUT2D eigenvalue weighted by molar-refractivity contribution is 6.13. The highest BCUT2D eigenvalue weighted by Crippen LogP contribution is 1.63. The molecule has 0 atom stereocenters. The summed E-state index contributed by atoms with van der Waals surface area (Å²) in [5.41, 5.74) is 14.9. The summed E-state index contributed by atoms with van der Waals surface area (Å²) in [5, 5.41) is 0. The Kier molecular flexibility index (Phi) is 6.64. The molecule has 0 aliphatic rings. The number of nitrogens with zero attached hydrogens (tertiary/aromatic N) is 2. The zero-order chi connectivity index (χ0) is 6.57. The third-order valence-electron chi connectivity index (χ3n) is 0.358. The van der Waals surface area contributed by atoms with E-state index in [1.54, 1.807) is 0 Å². The van der Waals surface area contributed by atoms with Gasteiger partial charge in [-0.05, 0) is 0 Å². The molecule has 0 bridgehead atoms. The van der Waals surface area contributed by atoms with Crippen LogP contribution in [0, 0.1) is 0 Å². The molecule has 0 aliphatic heterocycles. The van der Waals surface area contributed by atoms with Crippen molar-refractivity contribution in [1.82, 2.24) is 0 Å². The molecule has 0 spiro atoms. The van der Waals surface area contributed by atoms with Crippen molar-refractivity contribution in [3.8, 4) is 0 Å². The number of hydrogen-bond acceptors (Lipinski definition) is 1. The molecule has 0 amide bonds. The molecular weight excluding hydrogens is 158 g/mol. The molecule has 0 fully saturated rings. The van der Waals surface area contributed by atoms with E-state index in [-0.39, 0.29) is 24.3 Å². The Balaban J connectivity index is 0. The predicted molar refractivity (Wildman–Crippen MR) is 40.4 cm³/mol. The molecule has 9 heavy (non-hydrogen) atoms. The van der Waals surface area contributed by atoms with Gasteiger partial charge in [0.05, 0.1) is 0 Å². The van der Waals surface area contributed by atoms with Gasteiger partial charge in [0.15, 0.2) is 5.96 Å². The molecule has 7 heteroatoms. The molecule has 6 N–H and O–H groups in total. The number of nitrogens with two attached hydrogens (primary N) is 3. The van der Waals surface area contributed by atoms with Crippen LogP contribution in [0.4, 0.5) is 0 Å². The maximum absolute atomic E-state index is 5.03. The van der Waals surface area contributed by atoms with E-state index in [4.69, 9.17) is 17.2 Å². The van der Waals surface area contributed by atoms with Crippen LogP contribution in [0.5, 0.6) is 0 Å². The summed E-state index contributed by atoms with van der Waals surface area (Å²) in [7, 11) is 2.73. The number of halogens is 1. The van der Waals surface area contributed by atoms with E-state index in [1.165, 1.54) is 0 Å². The Labute approximate surface area is 62.3 Å². The Morgan fingerprint density at radius 2 is 1.67 bits per heavy atom. The van der Waals surface area contributed by atoms with Crippen LogP contribution in [0.3, 0.4) is 0 Å². The fourth-order valence-corrected chi connectivity index (χ4v) is 0.207. The van der Waals surface area contributed by atoms with E-state index in [0.717, 1.165) is 0 Å². The molecule has 0 aromatic heterocycles. The molecule has 51 valence electrons. The Hall–Kier alpha value is -0.753. The lowest BCUT2D eigenvalue weighted by atomic mass is 11.0. The molecule has 0 aliphatic carbocycles. The predicted octanol–water partition coefficient (Wildman–Crippen LogP) is -1.92. The first kappa shape index (κ1) is 11.1. The lowest BCUT2D eigenvalue weighted by molar-refractivity contribution is 1.43. The second-order valence-electron chi connectivity index (χ2n) is 1.01. The average Bonchev–Trinajstić information content (AvgIpc) is 1.65. The minimum atomic E-state index is -0.107. The van der Waals surface area contributed by atoms with Gasteiger partial charge in [-0.1, -0.05) is 0 Å². The molecule has 0 aromatic rings. The van der Waals surface area contributed by atoms with E-state index in [0.29, 0.717) is 0 Å². The van der Waals surface area contributed by atoms with Gasteiger partial charge in [0.2, 0.25) is 16.4 Å². The van der Waals surface area contributed by atoms with Gasteiger partial charge in [0, 0.05) is 0 Å². The van der Waals surface area contributed by atoms with Gasteiger partial charge in [-0.2, -0.15) is 4.99 Å². The third-order valence-corrected chi connectivity index (χ3v) is 0.587. The normalized spacial score (nSPS) is 9.67. The SMILES string of the molecule is Cl.NC(N)=NC(N)=N[Si]. The van der Waals surface area contributed by atoms with E-state index < -0.39 is 0 Å². The molecule has 0 heterocycles. The molecule has 0 saturated carbocycles. The first-order valence-electron chi connectivity index (χ1n) is 1.76. The molecule has 5 nitrogen and oxygen atoms in total. The summed E-state index contributed by atoms with van der Waals surface area (Å²) in [6.07, 6.45) is 0. The van der Waals surface area contributed by atoms with Gasteiger partial charge in [0.1, 0.15) is 0 Å². The third kappa shape index (κ3) is 7.25. The topological polar surface area (TPSA) is 103 Å². The molecular formula is C2H7ClN5Si. The summed E-state index contributed by atoms with van der Waals surface area (Å²) in [4.78, 5) is 3.35. The fourth-order valence-electron chi connectivity index (χ4n) is 0.157. The van der Waals surface area contributed by atoms with Crippen molar-refractivity contribution in [2.24, 2.45) is 26.9 Å². The fraction of sp³-hybridized carbons (Fsp3) is 0. The summed E-state index contributed by atoms with van der Waals surface area (Å²) in [5.74, 6) is -0.105. The van der Waals surface area contributed by atoms with Gasteiger partial charge in [0.25, 0.3) is 0 Å². The maximum atomic E-state index is 5.03. The van der Waals surface area contributed by atoms with Crippen molar-refractivity contribution in [1.29, 1.82) is 0 Å². The molecule has 0 saturated heterocycles. The highest BCUT2D eigenvalue weighted by atomic mass is 35.5. The first-order chi connectivity index (χ1) is 3.66. The average molecular weight is 165 g/mol. The van der Waals surface area contributed by atoms with Gasteiger partial charge in [-0.3, -0.25) is 4.66 Å². The standard InChI is InChI=1S/C2H6N5Si.ClH/c3-1(4)6-2(5)7-8;/h(H6,3,4,5,6,7);1H. The van der Waals surface area contributed by atoms with Crippen LogP contribution in [0.2, 0.25) is 0 Å². The van der Waals surface area contributed by atoms with Crippen molar-refractivity contribution >= 4 is 34.7 Å². The number of aliphatic imine (C=N–C) groups is 1. The quantitative estimate of drug-likeness (QED) is 0.221. The second kappa shape index (κ2) is 5.38. The van der Waals surface area contributed by atoms with Crippen molar-refractivity contribution in [2.75, 3.05) is 0 Å². The lowest BCUT2D eigenvalue weighted by Gasteiger charge is -1.88. The Morgan fingerprint density at radius 3 is 1.78 bits per heavy atom. The lowest BCUT2D eigenvalue weighted by Crippen LogP contribution is -2.26. The molecule has 0 unspecified atom stereocenters. The van der Waals surface area contributed by atoms with Crippen LogP contribution in [0.1, 0.15) is 0 Å². The van der Waals surface area contributed by atoms with Crippen LogP contribution >= 0.6 is 12.4 Å². The van der Waals surface area contributed by atoms with Crippen molar-refractivity contribution < 1.29 is 0 Å². The zero-order valence-electron chi connectivity index (χ0n) is 4.53.